The van der Waals surface area contributed by atoms with Crippen molar-refractivity contribution < 1.29 is 4.39 Å². The van der Waals surface area contributed by atoms with Crippen molar-refractivity contribution in [3.63, 3.8) is 0 Å². The zero-order valence-electron chi connectivity index (χ0n) is 15.9. The highest BCUT2D eigenvalue weighted by molar-refractivity contribution is 6.36. The van der Waals surface area contributed by atoms with Crippen LogP contribution in [-0.4, -0.2) is 13.3 Å². The molecule has 0 radical (unpaired) electrons. The van der Waals surface area contributed by atoms with E-state index in [-0.39, 0.29) is 16.0 Å². The van der Waals surface area contributed by atoms with Crippen LogP contribution in [0.1, 0.15) is 27.2 Å². The number of halogens is 3. The van der Waals surface area contributed by atoms with E-state index in [1.54, 1.807) is 26.3 Å². The molecule has 0 aliphatic heterocycles. The van der Waals surface area contributed by atoms with E-state index in [2.05, 4.69) is 24.7 Å². The van der Waals surface area contributed by atoms with Crippen LogP contribution in [0.15, 0.2) is 86.8 Å². The van der Waals surface area contributed by atoms with Gasteiger partial charge in [0, 0.05) is 24.0 Å². The Labute approximate surface area is 166 Å². The van der Waals surface area contributed by atoms with Gasteiger partial charge in [0.1, 0.15) is 5.83 Å². The summed E-state index contributed by atoms with van der Waals surface area (Å²) >= 11 is 12.1. The van der Waals surface area contributed by atoms with Gasteiger partial charge >= 0.3 is 0 Å². The van der Waals surface area contributed by atoms with Crippen molar-refractivity contribution >= 4 is 29.4 Å². The normalized spacial score (nSPS) is 16.1. The lowest BCUT2D eigenvalue weighted by Gasteiger charge is -2.19. The summed E-state index contributed by atoms with van der Waals surface area (Å²) in [5, 5.41) is 0.0576. The third kappa shape index (κ3) is 7.19. The molecule has 0 bridgehead atoms. The van der Waals surface area contributed by atoms with Crippen LogP contribution in [0.2, 0.25) is 0 Å². The molecule has 5 heteroatoms. The lowest BCUT2D eigenvalue weighted by molar-refractivity contribution is 0.645. The summed E-state index contributed by atoms with van der Waals surface area (Å²) in [5.41, 5.74) is 9.77. The van der Waals surface area contributed by atoms with Gasteiger partial charge in [0.25, 0.3) is 0 Å². The highest BCUT2D eigenvalue weighted by Crippen LogP contribution is 2.35. The van der Waals surface area contributed by atoms with Gasteiger partial charge < -0.3 is 5.73 Å². The minimum atomic E-state index is -0.747. The fourth-order valence-corrected chi connectivity index (χ4v) is 3.05. The first kappa shape index (κ1) is 24.2. The van der Waals surface area contributed by atoms with Crippen LogP contribution in [0.25, 0.3) is 0 Å². The first-order valence-corrected chi connectivity index (χ1v) is 8.83. The third-order valence-corrected chi connectivity index (χ3v) is 4.37. The van der Waals surface area contributed by atoms with Crippen LogP contribution >= 0.6 is 23.2 Å². The summed E-state index contributed by atoms with van der Waals surface area (Å²) in [6, 6.07) is 0. The molecule has 0 rings (SSSR count). The number of allylic oxidation sites excluding steroid dienone is 11. The first-order chi connectivity index (χ1) is 12.1. The minimum absolute atomic E-state index is 0.119. The molecule has 26 heavy (non-hydrogen) atoms. The van der Waals surface area contributed by atoms with Gasteiger partial charge in [0.2, 0.25) is 0 Å². The van der Waals surface area contributed by atoms with E-state index in [0.29, 0.717) is 17.7 Å². The van der Waals surface area contributed by atoms with Gasteiger partial charge in [-0.25, -0.2) is 4.39 Å². The van der Waals surface area contributed by atoms with Gasteiger partial charge in [-0.3, -0.25) is 4.99 Å². The molecule has 0 heterocycles. The number of rotatable bonds is 9. The van der Waals surface area contributed by atoms with Crippen LogP contribution in [-0.2, 0) is 0 Å². The number of nitrogens with two attached hydrogens (primary N) is 1. The molecule has 0 saturated heterocycles. The number of hydrogen-bond donors (Lipinski definition) is 1. The maximum absolute atomic E-state index is 13.5. The maximum atomic E-state index is 13.5. The van der Waals surface area contributed by atoms with E-state index in [9.17, 15) is 4.39 Å². The first-order valence-electron chi connectivity index (χ1n) is 8.07. The molecule has 0 aliphatic carbocycles. The molecule has 142 valence electrons. The summed E-state index contributed by atoms with van der Waals surface area (Å²) < 4.78 is 13.5. The van der Waals surface area contributed by atoms with Crippen molar-refractivity contribution in [3.05, 3.63) is 81.8 Å². The largest absolute Gasteiger partial charge is 0.402 e. The van der Waals surface area contributed by atoms with Gasteiger partial charge in [-0.2, -0.15) is 0 Å². The molecule has 1 atom stereocenters. The van der Waals surface area contributed by atoms with E-state index in [4.69, 9.17) is 28.9 Å². The molecule has 0 aromatic carbocycles. The molecule has 0 amide bonds. The Morgan fingerprint density at radius 2 is 1.85 bits per heavy atom. The predicted octanol–water partition coefficient (Wildman–Crippen LogP) is 6.73. The molecule has 0 spiro atoms. The average molecular weight is 397 g/mol. The Hall–Kier alpha value is -1.84. The van der Waals surface area contributed by atoms with E-state index in [1.807, 2.05) is 26.0 Å². The Morgan fingerprint density at radius 1 is 1.27 bits per heavy atom. The fourth-order valence-electron chi connectivity index (χ4n) is 2.42. The monoisotopic (exact) mass is 396 g/mol. The molecule has 2 nitrogen and oxygen atoms in total. The molecule has 0 fully saturated rings. The second-order valence-electron chi connectivity index (χ2n) is 5.79. The van der Waals surface area contributed by atoms with Gasteiger partial charge in [-0.05, 0) is 54.6 Å². The minimum Gasteiger partial charge on any atom is -0.402 e. The molecule has 0 saturated carbocycles. The smallest absolute Gasteiger partial charge is 0.134 e. The van der Waals surface area contributed by atoms with E-state index in [0.717, 1.165) is 16.7 Å². The number of hydrogen-bond acceptors (Lipinski definition) is 2. The van der Waals surface area contributed by atoms with Crippen molar-refractivity contribution in [1.82, 2.24) is 0 Å². The predicted molar refractivity (Wildman–Crippen MR) is 115 cm³/mol. The molecular formula is C21H27Cl2FN2. The van der Waals surface area contributed by atoms with Crippen molar-refractivity contribution in [2.24, 2.45) is 16.6 Å². The topological polar surface area (TPSA) is 38.4 Å². The summed E-state index contributed by atoms with van der Waals surface area (Å²) in [4.78, 5) is 4.05. The SMILES string of the molecule is C=CC(=C\C(CC(C)/C(C(=C)Cl)=C(\Cl)C(=C)F)=C(/C)N)/C(C=NC)=C/C. The molecule has 2 N–H and O–H groups in total. The lowest BCUT2D eigenvalue weighted by Crippen LogP contribution is -2.07. The number of aliphatic imine (C=N–C) groups is 1. The Kier molecular flexibility index (Phi) is 10.9. The van der Waals surface area contributed by atoms with Crippen LogP contribution in [0.4, 0.5) is 4.39 Å². The summed E-state index contributed by atoms with van der Waals surface area (Å²) in [6.07, 6.45) is 7.84. The van der Waals surface area contributed by atoms with Crippen molar-refractivity contribution in [2.45, 2.75) is 27.2 Å². The second kappa shape index (κ2) is 11.7. The molecule has 0 aromatic heterocycles. The van der Waals surface area contributed by atoms with Crippen LogP contribution < -0.4 is 5.73 Å². The molecule has 1 unspecified atom stereocenters. The standard InChI is InChI=1S/C21H27Cl2FN2/c1-8-17(18(9-2)12-26-7)11-19(16(6)25)10-13(3)20(14(4)22)21(23)15(5)24/h8-9,11-13H,1,4-5,10,25H2,2-3,6-7H3/b17-11+,18-9+,19-16+,21-20+,26-12?. The quantitative estimate of drug-likeness (QED) is 0.340. The second-order valence-corrected chi connectivity index (χ2v) is 6.62. The lowest BCUT2D eigenvalue weighted by atomic mass is 9.90. The maximum Gasteiger partial charge on any atom is 0.134 e. The Bertz CT molecular complexity index is 718. The highest BCUT2D eigenvalue weighted by atomic mass is 35.5. The van der Waals surface area contributed by atoms with Crippen molar-refractivity contribution in [3.8, 4) is 0 Å². The van der Waals surface area contributed by atoms with Gasteiger partial charge in [-0.1, -0.05) is 62.0 Å². The van der Waals surface area contributed by atoms with Gasteiger partial charge in [0.05, 0.1) is 5.03 Å². The Balaban J connectivity index is 6.04. The third-order valence-electron chi connectivity index (χ3n) is 3.75. The Morgan fingerprint density at radius 3 is 2.19 bits per heavy atom. The van der Waals surface area contributed by atoms with Crippen LogP contribution in [0.5, 0.6) is 0 Å². The summed E-state index contributed by atoms with van der Waals surface area (Å²) in [6.45, 7) is 16.4. The van der Waals surface area contributed by atoms with Gasteiger partial charge in [0.15, 0.2) is 0 Å². The fraction of sp³-hybridized carbons (Fsp3) is 0.286. The van der Waals surface area contributed by atoms with Crippen LogP contribution in [0, 0.1) is 5.92 Å². The average Bonchev–Trinajstić information content (AvgIpc) is 2.56. The zero-order valence-corrected chi connectivity index (χ0v) is 17.4. The number of nitrogens with zero attached hydrogens (tertiary/aromatic N) is 1. The van der Waals surface area contributed by atoms with E-state index in [1.165, 1.54) is 0 Å². The summed E-state index contributed by atoms with van der Waals surface area (Å²) in [7, 11) is 1.70. The van der Waals surface area contributed by atoms with Crippen molar-refractivity contribution in [1.29, 1.82) is 0 Å². The van der Waals surface area contributed by atoms with Gasteiger partial charge in [-0.15, -0.1) is 0 Å². The van der Waals surface area contributed by atoms with Crippen LogP contribution in [0.3, 0.4) is 0 Å². The molecule has 0 aromatic rings. The van der Waals surface area contributed by atoms with Crippen molar-refractivity contribution in [2.75, 3.05) is 7.05 Å². The molecular weight excluding hydrogens is 370 g/mol. The highest BCUT2D eigenvalue weighted by Gasteiger charge is 2.19. The molecule has 0 aliphatic rings. The summed E-state index contributed by atoms with van der Waals surface area (Å²) in [5.74, 6) is -0.965. The zero-order chi connectivity index (χ0) is 20.4. The van der Waals surface area contributed by atoms with E-state index < -0.39 is 5.83 Å². The van der Waals surface area contributed by atoms with E-state index >= 15 is 0 Å².